The molecule has 29 heavy (non-hydrogen) atoms. The van der Waals surface area contributed by atoms with Crippen LogP contribution in [0.25, 0.3) is 0 Å². The van der Waals surface area contributed by atoms with Crippen LogP contribution in [0, 0.1) is 5.82 Å². The second-order valence-electron chi connectivity index (χ2n) is 7.52. The highest BCUT2D eigenvalue weighted by Gasteiger charge is 2.27. The third-order valence-electron chi connectivity index (χ3n) is 5.50. The molecule has 0 N–H and O–H groups in total. The maximum Gasteiger partial charge on any atom is 0.227 e. The summed E-state index contributed by atoms with van der Waals surface area (Å²) in [5.74, 6) is 0.206. The van der Waals surface area contributed by atoms with Crippen molar-refractivity contribution in [3.63, 3.8) is 0 Å². The first-order chi connectivity index (χ1) is 14.2. The molecule has 0 saturated carbocycles. The molecule has 1 amide bonds. The number of benzene rings is 2. The van der Waals surface area contributed by atoms with E-state index < -0.39 is 0 Å². The molecule has 2 aromatic carbocycles. The van der Waals surface area contributed by atoms with Gasteiger partial charge >= 0.3 is 0 Å². The van der Waals surface area contributed by atoms with Crippen molar-refractivity contribution < 1.29 is 18.7 Å². The zero-order valence-electron chi connectivity index (χ0n) is 16.6. The number of carbonyl (C=O) groups is 1. The van der Waals surface area contributed by atoms with Crippen molar-refractivity contribution in [3.8, 4) is 5.75 Å². The van der Waals surface area contributed by atoms with Crippen LogP contribution in [0.1, 0.15) is 24.0 Å². The Morgan fingerprint density at radius 2 is 1.86 bits per heavy atom. The topological polar surface area (TPSA) is 42.0 Å². The van der Waals surface area contributed by atoms with Gasteiger partial charge < -0.3 is 14.4 Å². The molecule has 0 unspecified atom stereocenters. The summed E-state index contributed by atoms with van der Waals surface area (Å²) in [5.41, 5.74) is 2.25. The summed E-state index contributed by atoms with van der Waals surface area (Å²) >= 11 is 0. The molecular formula is C23H27FN2O3. The standard InChI is InChI=1S/C23H27FN2O3/c24-21-15-19(29-12-4-9-25-10-13-28-14-11-25)16-22-20(21)7-8-23(27)26(22)17-18-5-2-1-3-6-18/h1-3,5-6,15-16H,4,7-14,17H2. The minimum absolute atomic E-state index is 0.0187. The fourth-order valence-electron chi connectivity index (χ4n) is 3.91. The number of carbonyl (C=O) groups excluding carboxylic acids is 1. The van der Waals surface area contributed by atoms with Crippen LogP contribution in [0.4, 0.5) is 10.1 Å². The molecule has 0 bridgehead atoms. The Morgan fingerprint density at radius 3 is 2.66 bits per heavy atom. The minimum Gasteiger partial charge on any atom is -0.493 e. The second-order valence-corrected chi connectivity index (χ2v) is 7.52. The smallest absolute Gasteiger partial charge is 0.227 e. The Morgan fingerprint density at radius 1 is 1.07 bits per heavy atom. The lowest BCUT2D eigenvalue weighted by atomic mass is 9.99. The van der Waals surface area contributed by atoms with E-state index in [1.54, 1.807) is 4.90 Å². The number of hydrogen-bond donors (Lipinski definition) is 0. The summed E-state index contributed by atoms with van der Waals surface area (Å²) in [6.45, 7) is 5.35. The van der Waals surface area contributed by atoms with Crippen molar-refractivity contribution in [2.75, 3.05) is 44.4 Å². The fraction of sp³-hybridized carbons (Fsp3) is 0.435. The van der Waals surface area contributed by atoms with E-state index in [2.05, 4.69) is 4.90 Å². The van der Waals surface area contributed by atoms with Gasteiger partial charge in [0.15, 0.2) is 0 Å². The van der Waals surface area contributed by atoms with Crippen molar-refractivity contribution in [1.29, 1.82) is 0 Å². The lowest BCUT2D eigenvalue weighted by Gasteiger charge is -2.30. The summed E-state index contributed by atoms with van der Waals surface area (Å²) < 4.78 is 25.9. The molecule has 2 heterocycles. The molecule has 0 aromatic heterocycles. The van der Waals surface area contributed by atoms with Gasteiger partial charge in [-0.05, 0) is 18.4 Å². The number of halogens is 1. The van der Waals surface area contributed by atoms with Crippen LogP contribution in [0.3, 0.4) is 0 Å². The maximum absolute atomic E-state index is 14.7. The molecular weight excluding hydrogens is 371 g/mol. The van der Waals surface area contributed by atoms with Crippen molar-refractivity contribution in [2.24, 2.45) is 0 Å². The molecule has 0 atom stereocenters. The normalized spacial score (nSPS) is 17.3. The molecule has 0 aliphatic carbocycles. The van der Waals surface area contributed by atoms with Gasteiger partial charge in [-0.15, -0.1) is 0 Å². The number of anilines is 1. The molecule has 1 fully saturated rings. The minimum atomic E-state index is -0.295. The van der Waals surface area contributed by atoms with Gasteiger partial charge in [0.25, 0.3) is 0 Å². The zero-order valence-corrected chi connectivity index (χ0v) is 16.6. The van der Waals surface area contributed by atoms with E-state index in [0.29, 0.717) is 43.0 Å². The molecule has 6 heteroatoms. The van der Waals surface area contributed by atoms with Crippen LogP contribution < -0.4 is 9.64 Å². The molecule has 154 valence electrons. The lowest BCUT2D eigenvalue weighted by molar-refractivity contribution is -0.119. The number of hydrogen-bond acceptors (Lipinski definition) is 4. The molecule has 2 aromatic rings. The van der Waals surface area contributed by atoms with Crippen LogP contribution in [-0.2, 0) is 22.5 Å². The van der Waals surface area contributed by atoms with E-state index in [9.17, 15) is 9.18 Å². The SMILES string of the molecule is O=C1CCc2c(F)cc(OCCCN3CCOCC3)cc2N1Cc1ccccc1. The van der Waals surface area contributed by atoms with Gasteiger partial charge in [0.05, 0.1) is 32.1 Å². The van der Waals surface area contributed by atoms with Gasteiger partial charge in [-0.3, -0.25) is 9.69 Å². The zero-order chi connectivity index (χ0) is 20.1. The number of fused-ring (bicyclic) bond motifs is 1. The van der Waals surface area contributed by atoms with Crippen LogP contribution >= 0.6 is 0 Å². The van der Waals surface area contributed by atoms with E-state index in [-0.39, 0.29) is 11.7 Å². The average molecular weight is 398 g/mol. The van der Waals surface area contributed by atoms with Gasteiger partial charge in [0.1, 0.15) is 11.6 Å². The molecule has 4 rings (SSSR count). The largest absolute Gasteiger partial charge is 0.493 e. The first-order valence-corrected chi connectivity index (χ1v) is 10.3. The van der Waals surface area contributed by atoms with Crippen molar-refractivity contribution in [3.05, 3.63) is 59.4 Å². The van der Waals surface area contributed by atoms with Gasteiger partial charge in [-0.1, -0.05) is 30.3 Å². The average Bonchev–Trinajstić information content (AvgIpc) is 2.75. The lowest BCUT2D eigenvalue weighted by Crippen LogP contribution is -2.37. The first kappa shape index (κ1) is 19.9. The highest BCUT2D eigenvalue weighted by Crippen LogP contribution is 2.35. The highest BCUT2D eigenvalue weighted by molar-refractivity contribution is 5.96. The van der Waals surface area contributed by atoms with Gasteiger partial charge in [-0.2, -0.15) is 0 Å². The summed E-state index contributed by atoms with van der Waals surface area (Å²) in [7, 11) is 0. The van der Waals surface area contributed by atoms with Gasteiger partial charge in [-0.25, -0.2) is 4.39 Å². The Kier molecular flexibility index (Phi) is 6.42. The van der Waals surface area contributed by atoms with Gasteiger partial charge in [0, 0.05) is 43.8 Å². The van der Waals surface area contributed by atoms with Crippen molar-refractivity contribution >= 4 is 11.6 Å². The summed E-state index contributed by atoms with van der Waals surface area (Å²) in [6.07, 6.45) is 1.63. The van der Waals surface area contributed by atoms with E-state index in [4.69, 9.17) is 9.47 Å². The summed E-state index contributed by atoms with van der Waals surface area (Å²) in [5, 5.41) is 0. The molecule has 0 spiro atoms. The van der Waals surface area contributed by atoms with Crippen LogP contribution in [0.5, 0.6) is 5.75 Å². The number of rotatable bonds is 7. The van der Waals surface area contributed by atoms with E-state index in [0.717, 1.165) is 44.8 Å². The van der Waals surface area contributed by atoms with Crippen molar-refractivity contribution in [2.45, 2.75) is 25.8 Å². The molecule has 1 saturated heterocycles. The van der Waals surface area contributed by atoms with Crippen molar-refractivity contribution in [1.82, 2.24) is 4.90 Å². The molecule has 5 nitrogen and oxygen atoms in total. The number of amides is 1. The molecule has 0 radical (unpaired) electrons. The van der Waals surface area contributed by atoms with E-state index in [1.807, 2.05) is 36.4 Å². The van der Waals surface area contributed by atoms with E-state index in [1.165, 1.54) is 6.07 Å². The predicted octanol–water partition coefficient (Wildman–Crippen LogP) is 3.41. The third kappa shape index (κ3) is 4.95. The Bertz CT molecular complexity index is 838. The quantitative estimate of drug-likeness (QED) is 0.671. The van der Waals surface area contributed by atoms with Gasteiger partial charge in [0.2, 0.25) is 5.91 Å². The molecule has 2 aliphatic rings. The van der Waals surface area contributed by atoms with E-state index >= 15 is 0 Å². The number of ether oxygens (including phenoxy) is 2. The van der Waals surface area contributed by atoms with Crippen LogP contribution in [-0.4, -0.2) is 50.3 Å². The monoisotopic (exact) mass is 398 g/mol. The predicted molar refractivity (Wildman–Crippen MR) is 110 cm³/mol. The Hall–Kier alpha value is -2.44. The first-order valence-electron chi connectivity index (χ1n) is 10.3. The Labute approximate surface area is 171 Å². The summed E-state index contributed by atoms with van der Waals surface area (Å²) in [4.78, 5) is 16.6. The Balaban J connectivity index is 1.43. The van der Waals surface area contributed by atoms with Crippen LogP contribution in [0.15, 0.2) is 42.5 Å². The maximum atomic E-state index is 14.7. The number of nitrogens with zero attached hydrogens (tertiary/aromatic N) is 2. The third-order valence-corrected chi connectivity index (χ3v) is 5.50. The summed E-state index contributed by atoms with van der Waals surface area (Å²) in [6, 6.07) is 13.0. The number of morpholine rings is 1. The second kappa shape index (κ2) is 9.37. The molecule has 2 aliphatic heterocycles. The fourth-order valence-corrected chi connectivity index (χ4v) is 3.91. The highest BCUT2D eigenvalue weighted by atomic mass is 19.1. The van der Waals surface area contributed by atoms with Crippen LogP contribution in [0.2, 0.25) is 0 Å².